The fraction of sp³-hybridized carbons (Fsp3) is 0.625. The number of anilines is 1. The van der Waals surface area contributed by atoms with E-state index in [0.717, 1.165) is 25.7 Å². The van der Waals surface area contributed by atoms with Crippen LogP contribution in [0.1, 0.15) is 39.5 Å². The molecule has 22 heavy (non-hydrogen) atoms. The maximum atomic E-state index is 13.0. The lowest BCUT2D eigenvalue weighted by Gasteiger charge is -2.36. The van der Waals surface area contributed by atoms with Crippen LogP contribution in [0.5, 0.6) is 0 Å². The first-order valence-corrected chi connectivity index (χ1v) is 9.30. The molecular weight excluding hydrogens is 300 g/mol. The number of nitrogen functional groups attached to an aromatic ring is 1. The third-order valence-corrected chi connectivity index (χ3v) is 6.33. The Bertz CT molecular complexity index is 593. The van der Waals surface area contributed by atoms with Gasteiger partial charge in [0.2, 0.25) is 10.0 Å². The first-order chi connectivity index (χ1) is 10.3. The lowest BCUT2D eigenvalue weighted by Crippen LogP contribution is -2.45. The zero-order chi connectivity index (χ0) is 16.3. The van der Waals surface area contributed by atoms with E-state index in [4.69, 9.17) is 5.73 Å². The molecule has 0 radical (unpaired) electrons. The van der Waals surface area contributed by atoms with Gasteiger partial charge in [0, 0.05) is 12.6 Å². The van der Waals surface area contributed by atoms with Gasteiger partial charge in [0.1, 0.15) is 4.90 Å². The molecule has 1 aliphatic carbocycles. The summed E-state index contributed by atoms with van der Waals surface area (Å²) < 4.78 is 27.5. The van der Waals surface area contributed by atoms with Gasteiger partial charge in [-0.15, -0.1) is 0 Å². The van der Waals surface area contributed by atoms with Crippen molar-refractivity contribution in [2.75, 3.05) is 12.3 Å². The Hall–Kier alpha value is -1.11. The van der Waals surface area contributed by atoms with Crippen LogP contribution in [0.25, 0.3) is 0 Å². The van der Waals surface area contributed by atoms with Crippen molar-refractivity contribution in [3.8, 4) is 0 Å². The number of hydrogen-bond acceptors (Lipinski definition) is 4. The summed E-state index contributed by atoms with van der Waals surface area (Å²) in [6.45, 7) is 3.91. The normalized spacial score (nSPS) is 24.4. The highest BCUT2D eigenvalue weighted by atomic mass is 32.2. The quantitative estimate of drug-likeness (QED) is 0.813. The van der Waals surface area contributed by atoms with Gasteiger partial charge >= 0.3 is 0 Å². The van der Waals surface area contributed by atoms with Gasteiger partial charge in [0.25, 0.3) is 0 Å². The lowest BCUT2D eigenvalue weighted by molar-refractivity contribution is 0.130. The molecule has 1 atom stereocenters. The molecule has 0 unspecified atom stereocenters. The highest BCUT2D eigenvalue weighted by Gasteiger charge is 2.35. The molecule has 0 spiro atoms. The van der Waals surface area contributed by atoms with E-state index in [9.17, 15) is 13.5 Å². The molecule has 0 amide bonds. The minimum Gasteiger partial charge on any atom is -0.398 e. The van der Waals surface area contributed by atoms with Gasteiger partial charge in [0.15, 0.2) is 0 Å². The fourth-order valence-electron chi connectivity index (χ4n) is 3.08. The summed E-state index contributed by atoms with van der Waals surface area (Å²) in [5.74, 6) is 0.633. The average Bonchev–Trinajstić information content (AvgIpc) is 2.46. The molecule has 2 rings (SSSR count). The number of nitrogens with zero attached hydrogens (tertiary/aromatic N) is 1. The smallest absolute Gasteiger partial charge is 0.245 e. The van der Waals surface area contributed by atoms with Crippen molar-refractivity contribution < 1.29 is 13.5 Å². The van der Waals surface area contributed by atoms with Crippen LogP contribution in [0.15, 0.2) is 29.2 Å². The Kier molecular flexibility index (Phi) is 5.47. The van der Waals surface area contributed by atoms with Gasteiger partial charge in [-0.2, -0.15) is 4.31 Å². The molecule has 0 aromatic heterocycles. The molecule has 0 heterocycles. The summed E-state index contributed by atoms with van der Waals surface area (Å²) in [4.78, 5) is 0.134. The summed E-state index contributed by atoms with van der Waals surface area (Å²) >= 11 is 0. The number of rotatable bonds is 5. The zero-order valence-corrected chi connectivity index (χ0v) is 14.1. The predicted molar refractivity (Wildman–Crippen MR) is 87.8 cm³/mol. The molecule has 0 saturated heterocycles. The molecule has 0 aliphatic heterocycles. The number of nitrogens with two attached hydrogens (primary N) is 1. The first kappa shape index (κ1) is 17.2. The van der Waals surface area contributed by atoms with E-state index >= 15 is 0 Å². The molecule has 0 bridgehead atoms. The van der Waals surface area contributed by atoms with Crippen LogP contribution in [0.4, 0.5) is 5.69 Å². The van der Waals surface area contributed by atoms with Gasteiger partial charge in [-0.3, -0.25) is 0 Å². The second kappa shape index (κ2) is 6.98. The zero-order valence-electron chi connectivity index (χ0n) is 13.3. The van der Waals surface area contributed by atoms with Crippen LogP contribution < -0.4 is 5.73 Å². The van der Waals surface area contributed by atoms with Crippen molar-refractivity contribution in [1.82, 2.24) is 4.31 Å². The molecule has 1 fully saturated rings. The summed E-state index contributed by atoms with van der Waals surface area (Å²) in [7, 11) is -3.70. The average molecular weight is 326 g/mol. The largest absolute Gasteiger partial charge is 0.398 e. The van der Waals surface area contributed by atoms with Crippen molar-refractivity contribution in [3.63, 3.8) is 0 Å². The van der Waals surface area contributed by atoms with Crippen LogP contribution in [-0.2, 0) is 10.0 Å². The van der Waals surface area contributed by atoms with Gasteiger partial charge < -0.3 is 10.8 Å². The number of hydrogen-bond donors (Lipinski definition) is 2. The van der Waals surface area contributed by atoms with E-state index in [2.05, 4.69) is 6.92 Å². The van der Waals surface area contributed by atoms with Crippen molar-refractivity contribution in [1.29, 1.82) is 0 Å². The number of para-hydroxylation sites is 1. The van der Waals surface area contributed by atoms with Crippen molar-refractivity contribution in [3.05, 3.63) is 24.3 Å². The Labute approximate surface area is 133 Å². The molecule has 6 heteroatoms. The van der Waals surface area contributed by atoms with Crippen LogP contribution in [0.2, 0.25) is 0 Å². The molecule has 1 aliphatic rings. The number of benzene rings is 1. The summed E-state index contributed by atoms with van der Waals surface area (Å²) in [5.41, 5.74) is 6.11. The maximum absolute atomic E-state index is 13.0. The summed E-state index contributed by atoms with van der Waals surface area (Å²) in [6.07, 6.45) is 2.99. The molecule has 124 valence electrons. The van der Waals surface area contributed by atoms with Crippen molar-refractivity contribution in [2.45, 2.75) is 56.6 Å². The topological polar surface area (TPSA) is 83.6 Å². The van der Waals surface area contributed by atoms with Crippen LogP contribution in [-0.4, -0.2) is 36.5 Å². The van der Waals surface area contributed by atoms with E-state index in [-0.39, 0.29) is 23.2 Å². The van der Waals surface area contributed by atoms with Crippen LogP contribution >= 0.6 is 0 Å². The van der Waals surface area contributed by atoms with Crippen LogP contribution in [0.3, 0.4) is 0 Å². The first-order valence-electron chi connectivity index (χ1n) is 7.86. The number of aliphatic hydroxyl groups is 1. The number of aliphatic hydroxyl groups excluding tert-OH is 1. The molecule has 1 aromatic carbocycles. The Morgan fingerprint density at radius 2 is 1.86 bits per heavy atom. The molecule has 1 saturated carbocycles. The minimum atomic E-state index is -3.70. The van der Waals surface area contributed by atoms with Gasteiger partial charge in [-0.1, -0.05) is 19.1 Å². The van der Waals surface area contributed by atoms with E-state index in [0.29, 0.717) is 5.92 Å². The third kappa shape index (κ3) is 3.80. The molecule has 5 nitrogen and oxygen atoms in total. The highest BCUT2D eigenvalue weighted by molar-refractivity contribution is 7.89. The molecular formula is C16H26N2O3S. The predicted octanol–water partition coefficient (Wildman–Crippen LogP) is 2.22. The van der Waals surface area contributed by atoms with Crippen LogP contribution in [0, 0.1) is 5.92 Å². The highest BCUT2D eigenvalue weighted by Crippen LogP contribution is 2.32. The van der Waals surface area contributed by atoms with Gasteiger partial charge in [-0.05, 0) is 50.7 Å². The SMILES string of the molecule is CC1CCC(N(C[C@H](C)O)S(=O)(=O)c2ccccc2N)CC1. The van der Waals surface area contributed by atoms with Gasteiger partial charge in [0.05, 0.1) is 11.8 Å². The third-order valence-electron chi connectivity index (χ3n) is 4.34. The second-order valence-electron chi connectivity index (χ2n) is 6.38. The summed E-state index contributed by atoms with van der Waals surface area (Å²) in [6, 6.07) is 6.46. The van der Waals surface area contributed by atoms with Crippen molar-refractivity contribution in [2.24, 2.45) is 5.92 Å². The van der Waals surface area contributed by atoms with Gasteiger partial charge in [-0.25, -0.2) is 8.42 Å². The maximum Gasteiger partial charge on any atom is 0.245 e. The fourth-order valence-corrected chi connectivity index (χ4v) is 4.96. The number of sulfonamides is 1. The Morgan fingerprint density at radius 3 is 2.41 bits per heavy atom. The Morgan fingerprint density at radius 1 is 1.27 bits per heavy atom. The van der Waals surface area contributed by atoms with E-state index < -0.39 is 16.1 Å². The standard InChI is InChI=1S/C16H26N2O3S/c1-12-7-9-14(10-8-12)18(11-13(2)19)22(20,21)16-6-4-3-5-15(16)17/h3-6,12-14,19H,7-11,17H2,1-2H3/t12?,13-,14?/m0/s1. The molecule has 3 N–H and O–H groups in total. The van der Waals surface area contributed by atoms with E-state index in [1.807, 2.05) is 0 Å². The second-order valence-corrected chi connectivity index (χ2v) is 8.23. The Balaban J connectivity index is 2.34. The van der Waals surface area contributed by atoms with E-state index in [1.165, 1.54) is 10.4 Å². The molecule has 1 aromatic rings. The minimum absolute atomic E-state index is 0.0598. The monoisotopic (exact) mass is 326 g/mol. The van der Waals surface area contributed by atoms with E-state index in [1.54, 1.807) is 25.1 Å². The summed E-state index contributed by atoms with van der Waals surface area (Å²) in [5, 5.41) is 9.75. The van der Waals surface area contributed by atoms with Crippen molar-refractivity contribution >= 4 is 15.7 Å². The lowest BCUT2D eigenvalue weighted by atomic mass is 9.87.